The number of hydrogen-bond donors (Lipinski definition) is 1. The Bertz CT molecular complexity index is 905. The molecule has 1 N–H and O–H groups in total. The van der Waals surface area contributed by atoms with Gasteiger partial charge in [0.2, 0.25) is 0 Å². The number of carbonyl (C=O) groups excluding carboxylic acids is 1. The number of amides is 1. The summed E-state index contributed by atoms with van der Waals surface area (Å²) in [5, 5.41) is 3.93. The Morgan fingerprint density at radius 3 is 2.71 bits per heavy atom. The smallest absolute Gasteiger partial charge is 0.256 e. The quantitative estimate of drug-likeness (QED) is 0.676. The van der Waals surface area contributed by atoms with E-state index in [1.807, 2.05) is 61.7 Å². The predicted molar refractivity (Wildman–Crippen MR) is 102 cm³/mol. The molecule has 0 aliphatic heterocycles. The molecule has 3 rings (SSSR count). The molecule has 3 nitrogen and oxygen atoms in total. The first-order valence-corrected chi connectivity index (χ1v) is 9.20. The minimum Gasteiger partial charge on any atom is -0.322 e. The van der Waals surface area contributed by atoms with E-state index >= 15 is 0 Å². The van der Waals surface area contributed by atoms with E-state index in [1.54, 1.807) is 11.8 Å². The van der Waals surface area contributed by atoms with Gasteiger partial charge in [-0.1, -0.05) is 31.2 Å². The van der Waals surface area contributed by atoms with Gasteiger partial charge >= 0.3 is 0 Å². The van der Waals surface area contributed by atoms with Crippen molar-refractivity contribution in [2.24, 2.45) is 0 Å². The van der Waals surface area contributed by atoms with E-state index in [1.165, 1.54) is 0 Å². The number of thioether (sulfide) groups is 1. The van der Waals surface area contributed by atoms with Crippen molar-refractivity contribution in [3.8, 4) is 0 Å². The summed E-state index contributed by atoms with van der Waals surface area (Å²) in [6.45, 7) is 4.04. The van der Waals surface area contributed by atoms with E-state index in [4.69, 9.17) is 0 Å². The molecule has 2 aromatic carbocycles. The summed E-state index contributed by atoms with van der Waals surface area (Å²) < 4.78 is 0. The minimum atomic E-state index is -0.0842. The first kappa shape index (κ1) is 16.5. The summed E-state index contributed by atoms with van der Waals surface area (Å²) in [4.78, 5) is 18.8. The molecule has 0 radical (unpaired) electrons. The number of benzene rings is 2. The molecule has 0 fully saturated rings. The molecule has 3 aromatic rings. The highest BCUT2D eigenvalue weighted by atomic mass is 32.2. The van der Waals surface area contributed by atoms with Crippen molar-refractivity contribution in [1.29, 1.82) is 0 Å². The maximum atomic E-state index is 13.0. The molecule has 24 heavy (non-hydrogen) atoms. The summed E-state index contributed by atoms with van der Waals surface area (Å²) in [7, 11) is 0. The second-order valence-electron chi connectivity index (χ2n) is 5.62. The third kappa shape index (κ3) is 3.15. The van der Waals surface area contributed by atoms with Gasteiger partial charge in [-0.3, -0.25) is 9.78 Å². The van der Waals surface area contributed by atoms with E-state index in [-0.39, 0.29) is 5.91 Å². The number of hydrogen-bond acceptors (Lipinski definition) is 3. The Morgan fingerprint density at radius 1 is 1.17 bits per heavy atom. The van der Waals surface area contributed by atoms with Crippen molar-refractivity contribution in [2.75, 3.05) is 11.6 Å². The van der Waals surface area contributed by atoms with Crippen LogP contribution in [0.5, 0.6) is 0 Å². The SMILES string of the molecule is CCc1nc2ccccc2c(C(=O)Nc2cccc(SC)c2)c1C. The van der Waals surface area contributed by atoms with Crippen LogP contribution in [0.15, 0.2) is 53.4 Å². The van der Waals surface area contributed by atoms with Crippen LogP contribution in [0.3, 0.4) is 0 Å². The number of aromatic nitrogens is 1. The topological polar surface area (TPSA) is 42.0 Å². The van der Waals surface area contributed by atoms with E-state index in [9.17, 15) is 4.79 Å². The Balaban J connectivity index is 2.07. The fourth-order valence-corrected chi connectivity index (χ4v) is 3.35. The van der Waals surface area contributed by atoms with Crippen molar-refractivity contribution in [1.82, 2.24) is 4.98 Å². The van der Waals surface area contributed by atoms with Gasteiger partial charge in [0.05, 0.1) is 11.1 Å². The summed E-state index contributed by atoms with van der Waals surface area (Å²) >= 11 is 1.66. The van der Waals surface area contributed by atoms with Crippen LogP contribution in [-0.4, -0.2) is 17.1 Å². The van der Waals surface area contributed by atoms with E-state index in [2.05, 4.69) is 17.2 Å². The van der Waals surface area contributed by atoms with Gasteiger partial charge in [0.1, 0.15) is 0 Å². The number of nitrogens with one attached hydrogen (secondary N) is 1. The van der Waals surface area contributed by atoms with Gasteiger partial charge in [0.25, 0.3) is 5.91 Å². The summed E-state index contributed by atoms with van der Waals surface area (Å²) in [6, 6.07) is 15.7. The maximum absolute atomic E-state index is 13.0. The number of nitrogens with zero attached hydrogens (tertiary/aromatic N) is 1. The molecule has 0 atom stereocenters. The zero-order chi connectivity index (χ0) is 17.1. The van der Waals surface area contributed by atoms with Gasteiger partial charge in [0, 0.05) is 21.7 Å². The van der Waals surface area contributed by atoms with Gasteiger partial charge in [-0.15, -0.1) is 11.8 Å². The van der Waals surface area contributed by atoms with Crippen molar-refractivity contribution in [3.63, 3.8) is 0 Å². The molecule has 0 aliphatic carbocycles. The van der Waals surface area contributed by atoms with Crippen LogP contribution < -0.4 is 5.32 Å². The molecule has 1 amide bonds. The Labute approximate surface area is 146 Å². The average Bonchev–Trinajstić information content (AvgIpc) is 2.61. The highest BCUT2D eigenvalue weighted by Crippen LogP contribution is 2.25. The number of fused-ring (bicyclic) bond motifs is 1. The lowest BCUT2D eigenvalue weighted by molar-refractivity contribution is 0.102. The monoisotopic (exact) mass is 336 g/mol. The number of carbonyl (C=O) groups is 1. The van der Waals surface area contributed by atoms with Crippen LogP contribution >= 0.6 is 11.8 Å². The number of anilines is 1. The zero-order valence-corrected chi connectivity index (χ0v) is 14.9. The Hall–Kier alpha value is -2.33. The first-order chi connectivity index (χ1) is 11.6. The van der Waals surface area contributed by atoms with Crippen LogP contribution in [0.25, 0.3) is 10.9 Å². The number of para-hydroxylation sites is 1. The van der Waals surface area contributed by atoms with Crippen LogP contribution in [0, 0.1) is 6.92 Å². The second kappa shape index (κ2) is 7.05. The van der Waals surface area contributed by atoms with Gasteiger partial charge in [0.15, 0.2) is 0 Å². The van der Waals surface area contributed by atoms with Crippen LogP contribution in [0.2, 0.25) is 0 Å². The molecule has 1 heterocycles. The van der Waals surface area contributed by atoms with Crippen molar-refractivity contribution >= 4 is 34.3 Å². The molecule has 0 unspecified atom stereocenters. The van der Waals surface area contributed by atoms with E-state index in [0.717, 1.165) is 39.2 Å². The third-order valence-electron chi connectivity index (χ3n) is 4.13. The standard InChI is InChI=1S/C20H20N2OS/c1-4-17-13(2)19(16-10-5-6-11-18(16)22-17)20(23)21-14-8-7-9-15(12-14)24-3/h5-12H,4H2,1-3H3,(H,21,23). The summed E-state index contributed by atoms with van der Waals surface area (Å²) in [5.41, 5.74) is 4.31. The summed E-state index contributed by atoms with van der Waals surface area (Å²) in [5.74, 6) is -0.0842. The molecule has 0 saturated heterocycles. The number of aryl methyl sites for hydroxylation is 1. The minimum absolute atomic E-state index is 0.0842. The third-order valence-corrected chi connectivity index (χ3v) is 4.85. The van der Waals surface area contributed by atoms with Crippen molar-refractivity contribution in [3.05, 3.63) is 65.4 Å². The normalized spacial score (nSPS) is 10.8. The van der Waals surface area contributed by atoms with Crippen LogP contribution in [0.4, 0.5) is 5.69 Å². The highest BCUT2D eigenvalue weighted by Gasteiger charge is 2.17. The molecular weight excluding hydrogens is 316 g/mol. The lowest BCUT2D eigenvalue weighted by atomic mass is 9.99. The van der Waals surface area contributed by atoms with Gasteiger partial charge < -0.3 is 5.32 Å². The molecule has 0 spiro atoms. The Morgan fingerprint density at radius 2 is 1.96 bits per heavy atom. The van der Waals surface area contributed by atoms with E-state index in [0.29, 0.717) is 5.56 Å². The molecule has 1 aromatic heterocycles. The molecule has 0 aliphatic rings. The predicted octanol–water partition coefficient (Wildman–Crippen LogP) is 5.08. The van der Waals surface area contributed by atoms with Crippen LogP contribution in [0.1, 0.15) is 28.5 Å². The zero-order valence-electron chi connectivity index (χ0n) is 14.1. The largest absolute Gasteiger partial charge is 0.322 e. The summed E-state index contributed by atoms with van der Waals surface area (Å²) in [6.07, 6.45) is 2.83. The van der Waals surface area contributed by atoms with Crippen molar-refractivity contribution in [2.45, 2.75) is 25.2 Å². The number of pyridine rings is 1. The fraction of sp³-hybridized carbons (Fsp3) is 0.200. The second-order valence-corrected chi connectivity index (χ2v) is 6.49. The molecule has 122 valence electrons. The van der Waals surface area contributed by atoms with Crippen molar-refractivity contribution < 1.29 is 4.79 Å². The average molecular weight is 336 g/mol. The fourth-order valence-electron chi connectivity index (χ4n) is 2.89. The molecule has 0 saturated carbocycles. The lowest BCUT2D eigenvalue weighted by Crippen LogP contribution is -2.15. The highest BCUT2D eigenvalue weighted by molar-refractivity contribution is 7.98. The first-order valence-electron chi connectivity index (χ1n) is 7.97. The van der Waals surface area contributed by atoms with Gasteiger partial charge in [-0.05, 0) is 49.4 Å². The van der Waals surface area contributed by atoms with Crippen LogP contribution in [-0.2, 0) is 6.42 Å². The molecular formula is C20H20N2OS. The maximum Gasteiger partial charge on any atom is 0.256 e. The van der Waals surface area contributed by atoms with E-state index < -0.39 is 0 Å². The van der Waals surface area contributed by atoms with Gasteiger partial charge in [-0.25, -0.2) is 0 Å². The molecule has 4 heteroatoms. The Kier molecular flexibility index (Phi) is 4.86. The van der Waals surface area contributed by atoms with Gasteiger partial charge in [-0.2, -0.15) is 0 Å². The molecule has 0 bridgehead atoms. The lowest BCUT2D eigenvalue weighted by Gasteiger charge is -2.14. The number of rotatable bonds is 4.